The van der Waals surface area contributed by atoms with Crippen LogP contribution in [-0.4, -0.2) is 30.3 Å². The number of rotatable bonds is 7. The van der Waals surface area contributed by atoms with E-state index in [1.165, 1.54) is 0 Å². The molecule has 1 aromatic rings. The van der Waals surface area contributed by atoms with Crippen LogP contribution in [0.5, 0.6) is 5.75 Å². The Morgan fingerprint density at radius 1 is 1.38 bits per heavy atom. The third-order valence-electron chi connectivity index (χ3n) is 2.82. The second kappa shape index (κ2) is 9.13. The van der Waals surface area contributed by atoms with Crippen molar-refractivity contribution in [2.75, 3.05) is 6.61 Å². The molecule has 6 nitrogen and oxygen atoms in total. The Morgan fingerprint density at radius 3 is 2.62 bits per heavy atom. The molecule has 0 saturated heterocycles. The maximum atomic E-state index is 11.9. The van der Waals surface area contributed by atoms with Gasteiger partial charge in [-0.2, -0.15) is 0 Å². The summed E-state index contributed by atoms with van der Waals surface area (Å²) in [6.45, 7) is 5.43. The van der Waals surface area contributed by atoms with Gasteiger partial charge in [0.25, 0.3) is 0 Å². The molecule has 134 valence electrons. The topological polar surface area (TPSA) is 90.6 Å². The van der Waals surface area contributed by atoms with Crippen LogP contribution < -0.4 is 15.8 Å². The highest BCUT2D eigenvalue weighted by Gasteiger charge is 2.20. The first-order chi connectivity index (χ1) is 11.1. The molecule has 0 radical (unpaired) electrons. The van der Waals surface area contributed by atoms with Crippen LogP contribution in [0.4, 0.5) is 4.79 Å². The number of alkyl carbamates (subject to hydrolysis) is 1. The number of carbonyl (C=O) groups is 2. The SMILES string of the molecule is CC(C)(C)OC(=O)N[C@H](CCC(N)=O)COc1cccc(Br)c1Cl. The van der Waals surface area contributed by atoms with E-state index in [-0.39, 0.29) is 13.0 Å². The summed E-state index contributed by atoms with van der Waals surface area (Å²) in [5, 5.41) is 3.12. The lowest BCUT2D eigenvalue weighted by Gasteiger charge is -2.24. The number of amides is 2. The predicted octanol–water partition coefficient (Wildman–Crippen LogP) is 3.64. The molecule has 0 aliphatic carbocycles. The minimum atomic E-state index is -0.618. The van der Waals surface area contributed by atoms with Crippen molar-refractivity contribution < 1.29 is 19.1 Å². The fraction of sp³-hybridized carbons (Fsp3) is 0.500. The largest absolute Gasteiger partial charge is 0.490 e. The fourth-order valence-corrected chi connectivity index (χ4v) is 2.30. The van der Waals surface area contributed by atoms with Crippen molar-refractivity contribution in [2.45, 2.75) is 45.3 Å². The van der Waals surface area contributed by atoms with E-state index in [9.17, 15) is 9.59 Å². The third kappa shape index (κ3) is 7.88. The number of nitrogens with two attached hydrogens (primary N) is 1. The number of primary amides is 1. The van der Waals surface area contributed by atoms with Crippen LogP contribution in [0.1, 0.15) is 33.6 Å². The first kappa shape index (κ1) is 20.6. The first-order valence-corrected chi connectivity index (χ1v) is 8.60. The number of carbonyl (C=O) groups excluding carboxylic acids is 2. The lowest BCUT2D eigenvalue weighted by atomic mass is 10.1. The van der Waals surface area contributed by atoms with Crippen LogP contribution >= 0.6 is 27.5 Å². The Hall–Kier alpha value is -1.47. The predicted molar refractivity (Wildman–Crippen MR) is 96.2 cm³/mol. The van der Waals surface area contributed by atoms with Gasteiger partial charge < -0.3 is 20.5 Å². The van der Waals surface area contributed by atoms with Gasteiger partial charge >= 0.3 is 6.09 Å². The number of halogens is 2. The lowest BCUT2D eigenvalue weighted by Crippen LogP contribution is -2.42. The Bertz CT molecular complexity index is 590. The molecule has 1 aromatic carbocycles. The van der Waals surface area contributed by atoms with Crippen molar-refractivity contribution in [1.29, 1.82) is 0 Å². The molecule has 24 heavy (non-hydrogen) atoms. The van der Waals surface area contributed by atoms with Gasteiger partial charge in [0, 0.05) is 10.9 Å². The number of nitrogens with one attached hydrogen (secondary N) is 1. The maximum absolute atomic E-state index is 11.9. The van der Waals surface area contributed by atoms with Crippen LogP contribution in [0.25, 0.3) is 0 Å². The molecule has 1 rings (SSSR count). The van der Waals surface area contributed by atoms with Gasteiger partial charge in [-0.15, -0.1) is 0 Å². The molecule has 0 aliphatic rings. The standard InChI is InChI=1S/C16H22BrClN2O4/c1-16(2,3)24-15(22)20-10(7-8-13(19)21)9-23-12-6-4-5-11(17)14(12)18/h4-6,10H,7-9H2,1-3H3,(H2,19,21)(H,20,22)/t10-/m1/s1. The van der Waals surface area contributed by atoms with Crippen molar-refractivity contribution in [2.24, 2.45) is 5.73 Å². The van der Waals surface area contributed by atoms with Gasteiger partial charge in [0.1, 0.15) is 18.0 Å². The molecule has 0 unspecified atom stereocenters. The zero-order valence-electron chi connectivity index (χ0n) is 13.9. The van der Waals surface area contributed by atoms with E-state index >= 15 is 0 Å². The summed E-state index contributed by atoms with van der Waals surface area (Å²) in [5.74, 6) is 0.0209. The van der Waals surface area contributed by atoms with Crippen molar-refractivity contribution in [1.82, 2.24) is 5.32 Å². The van der Waals surface area contributed by atoms with Gasteiger partial charge in [-0.1, -0.05) is 17.7 Å². The number of hydrogen-bond donors (Lipinski definition) is 2. The summed E-state index contributed by atoms with van der Waals surface area (Å²) in [4.78, 5) is 22.9. The quantitative estimate of drug-likeness (QED) is 0.703. The summed E-state index contributed by atoms with van der Waals surface area (Å²) in [7, 11) is 0. The molecule has 0 aromatic heterocycles. The molecule has 0 aliphatic heterocycles. The molecule has 3 N–H and O–H groups in total. The van der Waals surface area contributed by atoms with Gasteiger partial charge in [-0.25, -0.2) is 4.79 Å². The average Bonchev–Trinajstić information content (AvgIpc) is 2.43. The van der Waals surface area contributed by atoms with Crippen molar-refractivity contribution in [3.05, 3.63) is 27.7 Å². The van der Waals surface area contributed by atoms with E-state index in [0.29, 0.717) is 21.7 Å². The van der Waals surface area contributed by atoms with Crippen molar-refractivity contribution in [3.63, 3.8) is 0 Å². The van der Waals surface area contributed by atoms with Crippen LogP contribution in [0, 0.1) is 0 Å². The van der Waals surface area contributed by atoms with E-state index in [1.807, 2.05) is 0 Å². The van der Waals surface area contributed by atoms with E-state index < -0.39 is 23.6 Å². The molecule has 8 heteroatoms. The molecule has 0 saturated carbocycles. The van der Waals surface area contributed by atoms with E-state index in [0.717, 1.165) is 0 Å². The highest BCUT2D eigenvalue weighted by molar-refractivity contribution is 9.10. The summed E-state index contributed by atoms with van der Waals surface area (Å²) in [6, 6.07) is 4.84. The average molecular weight is 422 g/mol. The third-order valence-corrected chi connectivity index (χ3v) is 4.10. The van der Waals surface area contributed by atoms with Gasteiger partial charge in [0.2, 0.25) is 5.91 Å². The van der Waals surface area contributed by atoms with Gasteiger partial charge in [0.15, 0.2) is 0 Å². The summed E-state index contributed by atoms with van der Waals surface area (Å²) < 4.78 is 11.6. The highest BCUT2D eigenvalue weighted by Crippen LogP contribution is 2.31. The van der Waals surface area contributed by atoms with E-state index in [2.05, 4.69) is 21.2 Å². The van der Waals surface area contributed by atoms with Crippen LogP contribution in [0.2, 0.25) is 5.02 Å². The number of benzene rings is 1. The second-order valence-corrected chi connectivity index (χ2v) is 7.44. The van der Waals surface area contributed by atoms with Crippen LogP contribution in [0.15, 0.2) is 22.7 Å². The van der Waals surface area contributed by atoms with E-state index in [4.69, 9.17) is 26.8 Å². The first-order valence-electron chi connectivity index (χ1n) is 7.43. The lowest BCUT2D eigenvalue weighted by molar-refractivity contribution is -0.118. The fourth-order valence-electron chi connectivity index (χ4n) is 1.77. The number of ether oxygens (including phenoxy) is 2. The van der Waals surface area contributed by atoms with Gasteiger partial charge in [-0.05, 0) is 55.3 Å². The normalized spacial score (nSPS) is 12.4. The smallest absolute Gasteiger partial charge is 0.407 e. The Balaban J connectivity index is 2.69. The zero-order valence-corrected chi connectivity index (χ0v) is 16.2. The van der Waals surface area contributed by atoms with Crippen LogP contribution in [0.3, 0.4) is 0 Å². The molecule has 0 spiro atoms. The van der Waals surface area contributed by atoms with Gasteiger partial charge in [0.05, 0.1) is 11.1 Å². The van der Waals surface area contributed by atoms with E-state index in [1.54, 1.807) is 39.0 Å². The molecule has 0 fully saturated rings. The monoisotopic (exact) mass is 420 g/mol. The molecule has 2 amide bonds. The summed E-state index contributed by atoms with van der Waals surface area (Å²) >= 11 is 9.45. The Morgan fingerprint density at radius 2 is 2.04 bits per heavy atom. The molecular formula is C16H22BrClN2O4. The number of hydrogen-bond acceptors (Lipinski definition) is 4. The molecule has 0 bridgehead atoms. The molecule has 1 atom stereocenters. The van der Waals surface area contributed by atoms with Gasteiger partial charge in [-0.3, -0.25) is 4.79 Å². The minimum absolute atomic E-state index is 0.121. The summed E-state index contributed by atoms with van der Waals surface area (Å²) in [5.41, 5.74) is 4.56. The van der Waals surface area contributed by atoms with Crippen LogP contribution in [-0.2, 0) is 9.53 Å². The molecule has 0 heterocycles. The minimum Gasteiger partial charge on any atom is -0.490 e. The summed E-state index contributed by atoms with van der Waals surface area (Å²) in [6.07, 6.45) is -0.128. The second-order valence-electron chi connectivity index (χ2n) is 6.21. The van der Waals surface area contributed by atoms with Crippen molar-refractivity contribution >= 4 is 39.5 Å². The Kier molecular flexibility index (Phi) is 7.83. The maximum Gasteiger partial charge on any atom is 0.407 e. The van der Waals surface area contributed by atoms with Crippen molar-refractivity contribution in [3.8, 4) is 5.75 Å². The molecular weight excluding hydrogens is 400 g/mol. The Labute approximate surface area is 155 Å². The zero-order chi connectivity index (χ0) is 18.3. The highest BCUT2D eigenvalue weighted by atomic mass is 79.9.